The van der Waals surface area contributed by atoms with Crippen molar-refractivity contribution in [1.82, 2.24) is 4.31 Å². The van der Waals surface area contributed by atoms with E-state index in [-0.39, 0.29) is 22.4 Å². The fraction of sp³-hybridized carbons (Fsp3) is 0.571. The van der Waals surface area contributed by atoms with Crippen LogP contribution in [0.3, 0.4) is 0 Å². The van der Waals surface area contributed by atoms with E-state index in [1.54, 1.807) is 18.2 Å². The lowest BCUT2D eigenvalue weighted by Gasteiger charge is -2.26. The van der Waals surface area contributed by atoms with E-state index in [9.17, 15) is 8.42 Å². The summed E-state index contributed by atoms with van der Waals surface area (Å²) in [7, 11) is -3.55. The average molecular weight is 363 g/mol. The van der Waals surface area contributed by atoms with E-state index in [2.05, 4.69) is 15.9 Å². The standard InChI is InChI=1S/C14H23BrN2O2S/c1-10(2)8-17(9-11(3)4)20(18,19)14-6-5-12(15)7-13(14)16/h5-7,10-11H,8-9,16H2,1-4H3. The number of benzene rings is 1. The molecule has 1 aromatic rings. The molecule has 0 fully saturated rings. The maximum absolute atomic E-state index is 12.8. The number of sulfonamides is 1. The smallest absolute Gasteiger partial charge is 0.245 e. The normalized spacial score (nSPS) is 12.6. The molecular weight excluding hydrogens is 340 g/mol. The van der Waals surface area contributed by atoms with Crippen LogP contribution >= 0.6 is 15.9 Å². The minimum absolute atomic E-state index is 0.182. The van der Waals surface area contributed by atoms with Gasteiger partial charge in [-0.15, -0.1) is 0 Å². The van der Waals surface area contributed by atoms with Crippen molar-refractivity contribution in [3.63, 3.8) is 0 Å². The lowest BCUT2D eigenvalue weighted by molar-refractivity contribution is 0.333. The highest BCUT2D eigenvalue weighted by Crippen LogP contribution is 2.26. The third-order valence-electron chi connectivity index (χ3n) is 2.73. The molecule has 0 radical (unpaired) electrons. The van der Waals surface area contributed by atoms with Gasteiger partial charge in [0.1, 0.15) is 4.90 Å². The van der Waals surface area contributed by atoms with Crippen LogP contribution in [0.1, 0.15) is 27.7 Å². The number of anilines is 1. The number of nitrogens with two attached hydrogens (primary N) is 1. The minimum Gasteiger partial charge on any atom is -0.398 e. The molecule has 0 saturated heterocycles. The van der Waals surface area contributed by atoms with Crippen molar-refractivity contribution in [3.05, 3.63) is 22.7 Å². The summed E-state index contributed by atoms with van der Waals surface area (Å²) in [6.45, 7) is 9.02. The zero-order chi connectivity index (χ0) is 15.5. The first-order valence-electron chi connectivity index (χ1n) is 6.69. The van der Waals surface area contributed by atoms with Gasteiger partial charge in [-0.3, -0.25) is 0 Å². The molecule has 6 heteroatoms. The van der Waals surface area contributed by atoms with E-state index in [1.807, 2.05) is 27.7 Å². The fourth-order valence-corrected chi connectivity index (χ4v) is 4.22. The summed E-state index contributed by atoms with van der Waals surface area (Å²) < 4.78 is 27.8. The summed E-state index contributed by atoms with van der Waals surface area (Å²) in [5.74, 6) is 0.528. The molecule has 0 spiro atoms. The van der Waals surface area contributed by atoms with Gasteiger partial charge in [-0.2, -0.15) is 4.31 Å². The van der Waals surface area contributed by atoms with Gasteiger partial charge in [0, 0.05) is 17.6 Å². The Labute approximate surface area is 130 Å². The molecule has 2 N–H and O–H groups in total. The Bertz CT molecular complexity index is 546. The van der Waals surface area contributed by atoms with Crippen LogP contribution in [0, 0.1) is 11.8 Å². The van der Waals surface area contributed by atoms with E-state index in [4.69, 9.17) is 5.73 Å². The number of hydrogen-bond donors (Lipinski definition) is 1. The highest BCUT2D eigenvalue weighted by atomic mass is 79.9. The van der Waals surface area contributed by atoms with Gasteiger partial charge < -0.3 is 5.73 Å². The van der Waals surface area contributed by atoms with Crippen LogP contribution in [0.2, 0.25) is 0 Å². The molecule has 1 rings (SSSR count). The highest BCUT2D eigenvalue weighted by Gasteiger charge is 2.27. The highest BCUT2D eigenvalue weighted by molar-refractivity contribution is 9.10. The summed E-state index contributed by atoms with van der Waals surface area (Å²) in [5.41, 5.74) is 6.15. The summed E-state index contributed by atoms with van der Waals surface area (Å²) >= 11 is 3.29. The zero-order valence-electron chi connectivity index (χ0n) is 12.4. The first-order valence-corrected chi connectivity index (χ1v) is 8.93. The molecule has 0 aromatic heterocycles. The van der Waals surface area contributed by atoms with Crippen LogP contribution in [-0.2, 0) is 10.0 Å². The van der Waals surface area contributed by atoms with Crippen LogP contribution in [-0.4, -0.2) is 25.8 Å². The summed E-state index contributed by atoms with van der Waals surface area (Å²) in [5, 5.41) is 0. The van der Waals surface area contributed by atoms with Crippen LogP contribution < -0.4 is 5.73 Å². The molecule has 0 saturated carbocycles. The second kappa shape index (κ2) is 6.91. The molecule has 0 unspecified atom stereocenters. The lowest BCUT2D eigenvalue weighted by Crippen LogP contribution is -2.37. The van der Waals surface area contributed by atoms with Crippen LogP contribution in [0.5, 0.6) is 0 Å². The third kappa shape index (κ3) is 4.46. The number of rotatable bonds is 6. The predicted molar refractivity (Wildman–Crippen MR) is 87.0 cm³/mol. The molecule has 0 heterocycles. The topological polar surface area (TPSA) is 63.4 Å². The van der Waals surface area contributed by atoms with Gasteiger partial charge in [0.25, 0.3) is 0 Å². The first kappa shape index (κ1) is 17.5. The first-order chi connectivity index (χ1) is 9.14. The van der Waals surface area contributed by atoms with Crippen molar-refractivity contribution >= 4 is 31.6 Å². The lowest BCUT2D eigenvalue weighted by atomic mass is 10.2. The van der Waals surface area contributed by atoms with Gasteiger partial charge in [-0.05, 0) is 30.0 Å². The van der Waals surface area contributed by atoms with E-state index in [0.29, 0.717) is 13.1 Å². The third-order valence-corrected chi connectivity index (χ3v) is 5.13. The minimum atomic E-state index is -3.55. The van der Waals surface area contributed by atoms with Crippen molar-refractivity contribution in [1.29, 1.82) is 0 Å². The molecule has 0 amide bonds. The molecule has 0 aliphatic rings. The van der Waals surface area contributed by atoms with E-state index < -0.39 is 10.0 Å². The van der Waals surface area contributed by atoms with Gasteiger partial charge in [0.2, 0.25) is 10.0 Å². The quantitative estimate of drug-likeness (QED) is 0.789. The average Bonchev–Trinajstić information content (AvgIpc) is 2.26. The second-order valence-corrected chi connectivity index (χ2v) is 8.61. The predicted octanol–water partition coefficient (Wildman–Crippen LogP) is 3.33. The van der Waals surface area contributed by atoms with Gasteiger partial charge in [-0.25, -0.2) is 8.42 Å². The van der Waals surface area contributed by atoms with E-state index >= 15 is 0 Å². The Morgan fingerprint density at radius 3 is 2.05 bits per heavy atom. The van der Waals surface area contributed by atoms with Crippen molar-refractivity contribution in [3.8, 4) is 0 Å². The fourth-order valence-electron chi connectivity index (χ4n) is 1.98. The van der Waals surface area contributed by atoms with Crippen molar-refractivity contribution in [2.75, 3.05) is 18.8 Å². The van der Waals surface area contributed by atoms with Crippen LogP contribution in [0.4, 0.5) is 5.69 Å². The molecule has 20 heavy (non-hydrogen) atoms. The molecule has 0 bridgehead atoms. The van der Waals surface area contributed by atoms with Crippen molar-refractivity contribution in [2.24, 2.45) is 11.8 Å². The Morgan fingerprint density at radius 1 is 1.15 bits per heavy atom. The maximum atomic E-state index is 12.8. The van der Waals surface area contributed by atoms with Gasteiger partial charge in [0.05, 0.1) is 5.69 Å². The van der Waals surface area contributed by atoms with Crippen molar-refractivity contribution in [2.45, 2.75) is 32.6 Å². The van der Waals surface area contributed by atoms with Crippen LogP contribution in [0.15, 0.2) is 27.6 Å². The largest absolute Gasteiger partial charge is 0.398 e. The van der Waals surface area contributed by atoms with Gasteiger partial charge >= 0.3 is 0 Å². The molecule has 0 atom stereocenters. The van der Waals surface area contributed by atoms with Crippen molar-refractivity contribution < 1.29 is 8.42 Å². The Balaban J connectivity index is 3.21. The zero-order valence-corrected chi connectivity index (χ0v) is 14.8. The van der Waals surface area contributed by atoms with Crippen LogP contribution in [0.25, 0.3) is 0 Å². The van der Waals surface area contributed by atoms with Gasteiger partial charge in [0.15, 0.2) is 0 Å². The Morgan fingerprint density at radius 2 is 1.65 bits per heavy atom. The van der Waals surface area contributed by atoms with E-state index in [0.717, 1.165) is 4.47 Å². The molecular formula is C14H23BrN2O2S. The summed E-state index contributed by atoms with van der Waals surface area (Å²) in [6.07, 6.45) is 0. The maximum Gasteiger partial charge on any atom is 0.245 e. The molecule has 1 aromatic carbocycles. The summed E-state index contributed by atoms with van der Waals surface area (Å²) in [6, 6.07) is 4.88. The number of hydrogen-bond acceptors (Lipinski definition) is 3. The number of nitrogen functional groups attached to an aromatic ring is 1. The van der Waals surface area contributed by atoms with E-state index in [1.165, 1.54) is 4.31 Å². The number of halogens is 1. The number of nitrogens with zero attached hydrogens (tertiary/aromatic N) is 1. The Hall–Kier alpha value is -0.590. The van der Waals surface area contributed by atoms with Gasteiger partial charge in [-0.1, -0.05) is 43.6 Å². The Kier molecular flexibility index (Phi) is 6.04. The molecule has 4 nitrogen and oxygen atoms in total. The molecule has 0 aliphatic carbocycles. The summed E-state index contributed by atoms with van der Waals surface area (Å²) in [4.78, 5) is 0.182. The monoisotopic (exact) mass is 362 g/mol. The second-order valence-electron chi connectivity index (χ2n) is 5.79. The SMILES string of the molecule is CC(C)CN(CC(C)C)S(=O)(=O)c1ccc(Br)cc1N. The molecule has 114 valence electrons. The molecule has 0 aliphatic heterocycles.